The van der Waals surface area contributed by atoms with Gasteiger partial charge in [0.25, 0.3) is 5.91 Å². The molecule has 0 spiro atoms. The van der Waals surface area contributed by atoms with Crippen molar-refractivity contribution in [1.82, 2.24) is 9.88 Å². The third-order valence-electron chi connectivity index (χ3n) is 4.08. The number of aromatic nitrogens is 1. The number of nitrogens with zero attached hydrogens (tertiary/aromatic N) is 2. The van der Waals surface area contributed by atoms with Crippen LogP contribution < -0.4 is 0 Å². The van der Waals surface area contributed by atoms with Gasteiger partial charge < -0.3 is 4.90 Å². The van der Waals surface area contributed by atoms with Gasteiger partial charge in [0, 0.05) is 23.5 Å². The van der Waals surface area contributed by atoms with E-state index in [-0.39, 0.29) is 11.9 Å². The minimum absolute atomic E-state index is 0.00805. The highest BCUT2D eigenvalue weighted by Crippen LogP contribution is 2.25. The van der Waals surface area contributed by atoms with Gasteiger partial charge in [-0.25, -0.2) is 4.98 Å². The van der Waals surface area contributed by atoms with Gasteiger partial charge >= 0.3 is 0 Å². The van der Waals surface area contributed by atoms with E-state index < -0.39 is 0 Å². The van der Waals surface area contributed by atoms with Crippen molar-refractivity contribution in [2.75, 3.05) is 0 Å². The number of carbonyl (C=O) groups is 1. The molecule has 0 saturated heterocycles. The predicted octanol–water partition coefficient (Wildman–Crippen LogP) is 5.59. The Labute approximate surface area is 157 Å². The van der Waals surface area contributed by atoms with Crippen molar-refractivity contribution in [2.24, 2.45) is 0 Å². The number of amides is 1. The van der Waals surface area contributed by atoms with Crippen molar-refractivity contribution in [2.45, 2.75) is 26.4 Å². The van der Waals surface area contributed by atoms with Crippen molar-refractivity contribution in [1.29, 1.82) is 0 Å². The number of pyridine rings is 1. The first-order valence-corrected chi connectivity index (χ1v) is 8.82. The van der Waals surface area contributed by atoms with Crippen LogP contribution in [0.15, 0.2) is 54.6 Å². The summed E-state index contributed by atoms with van der Waals surface area (Å²) < 4.78 is 0. The molecule has 3 nitrogen and oxygen atoms in total. The topological polar surface area (TPSA) is 33.2 Å². The third-order valence-corrected chi connectivity index (χ3v) is 4.74. The minimum atomic E-state index is -0.121. The van der Waals surface area contributed by atoms with Crippen molar-refractivity contribution < 1.29 is 4.79 Å². The number of hydrogen-bond acceptors (Lipinski definition) is 2. The summed E-state index contributed by atoms with van der Waals surface area (Å²) in [6.45, 7) is 4.31. The highest BCUT2D eigenvalue weighted by Gasteiger charge is 2.22. The van der Waals surface area contributed by atoms with Crippen molar-refractivity contribution in [3.05, 3.63) is 75.9 Å². The molecule has 0 atom stereocenters. The van der Waals surface area contributed by atoms with E-state index in [1.165, 1.54) is 0 Å². The van der Waals surface area contributed by atoms with Crippen LogP contribution in [0.5, 0.6) is 0 Å². The highest BCUT2D eigenvalue weighted by molar-refractivity contribution is 6.33. The summed E-state index contributed by atoms with van der Waals surface area (Å²) in [6, 6.07) is 16.8. The number of carbonyl (C=O) groups excluding carboxylic acids is 1. The van der Waals surface area contributed by atoms with E-state index in [4.69, 9.17) is 23.2 Å². The van der Waals surface area contributed by atoms with Crippen molar-refractivity contribution >= 4 is 40.0 Å². The summed E-state index contributed by atoms with van der Waals surface area (Å²) in [6.07, 6.45) is 0. The van der Waals surface area contributed by atoms with Gasteiger partial charge in [-0.1, -0.05) is 53.5 Å². The maximum Gasteiger partial charge on any atom is 0.255 e. The molecule has 0 N–H and O–H groups in total. The van der Waals surface area contributed by atoms with Crippen LogP contribution in [0.3, 0.4) is 0 Å². The summed E-state index contributed by atoms with van der Waals surface area (Å²) in [5, 5.41) is 1.85. The Hall–Kier alpha value is -2.10. The Kier molecular flexibility index (Phi) is 5.26. The fourth-order valence-corrected chi connectivity index (χ4v) is 3.13. The van der Waals surface area contributed by atoms with Gasteiger partial charge in [-0.05, 0) is 38.1 Å². The van der Waals surface area contributed by atoms with Gasteiger partial charge in [0.1, 0.15) is 5.15 Å². The maximum atomic E-state index is 13.0. The number of halogens is 2. The van der Waals surface area contributed by atoms with Gasteiger partial charge in [-0.3, -0.25) is 4.79 Å². The van der Waals surface area contributed by atoms with E-state index >= 15 is 0 Å². The second kappa shape index (κ2) is 7.42. The molecule has 5 heteroatoms. The fraction of sp³-hybridized carbons (Fsp3) is 0.200. The summed E-state index contributed by atoms with van der Waals surface area (Å²) in [5.41, 5.74) is 2.14. The van der Waals surface area contributed by atoms with E-state index in [1.54, 1.807) is 17.0 Å². The molecule has 0 radical (unpaired) electrons. The third kappa shape index (κ3) is 3.78. The Morgan fingerprint density at radius 2 is 1.76 bits per heavy atom. The molecule has 128 valence electrons. The standard InChI is InChI=1S/C20H18Cl2N2O/c1-13(2)24(20(25)16-8-4-5-9-17(16)21)12-15-11-14-7-3-6-10-18(14)23-19(15)22/h3-11,13H,12H2,1-2H3. The van der Waals surface area contributed by atoms with Crippen LogP contribution in [0.1, 0.15) is 29.8 Å². The van der Waals surface area contributed by atoms with Crippen LogP contribution in [0.4, 0.5) is 0 Å². The van der Waals surface area contributed by atoms with Crippen LogP contribution in [-0.2, 0) is 6.54 Å². The number of para-hydroxylation sites is 1. The molecule has 3 aromatic rings. The Balaban J connectivity index is 1.96. The van der Waals surface area contributed by atoms with Crippen molar-refractivity contribution in [3.63, 3.8) is 0 Å². The summed E-state index contributed by atoms with van der Waals surface area (Å²) >= 11 is 12.6. The van der Waals surface area contributed by atoms with Crippen LogP contribution in [-0.4, -0.2) is 21.8 Å². The van der Waals surface area contributed by atoms with Gasteiger partial charge in [0.2, 0.25) is 0 Å². The first-order chi connectivity index (χ1) is 12.0. The lowest BCUT2D eigenvalue weighted by atomic mass is 10.1. The first kappa shape index (κ1) is 17.7. The average Bonchev–Trinajstić information content (AvgIpc) is 2.59. The molecule has 1 heterocycles. The number of hydrogen-bond donors (Lipinski definition) is 0. The monoisotopic (exact) mass is 372 g/mol. The Morgan fingerprint density at radius 1 is 1.08 bits per heavy atom. The quantitative estimate of drug-likeness (QED) is 0.559. The number of rotatable bonds is 4. The zero-order valence-corrected chi connectivity index (χ0v) is 15.6. The van der Waals surface area contributed by atoms with Crippen LogP contribution in [0.25, 0.3) is 10.9 Å². The Bertz CT molecular complexity index is 924. The SMILES string of the molecule is CC(C)N(Cc1cc2ccccc2nc1Cl)C(=O)c1ccccc1Cl. The van der Waals surface area contributed by atoms with Crippen molar-refractivity contribution in [3.8, 4) is 0 Å². The fourth-order valence-electron chi connectivity index (χ4n) is 2.71. The largest absolute Gasteiger partial charge is 0.332 e. The second-order valence-corrected chi connectivity index (χ2v) is 6.90. The van der Waals surface area contributed by atoms with Crippen LogP contribution in [0, 0.1) is 0 Å². The van der Waals surface area contributed by atoms with Crippen LogP contribution >= 0.6 is 23.2 Å². The van der Waals surface area contributed by atoms with Gasteiger partial charge in [0.15, 0.2) is 0 Å². The Morgan fingerprint density at radius 3 is 2.48 bits per heavy atom. The molecule has 1 amide bonds. The maximum absolute atomic E-state index is 13.0. The number of fused-ring (bicyclic) bond motifs is 1. The van der Waals surface area contributed by atoms with Crippen LogP contribution in [0.2, 0.25) is 10.2 Å². The molecule has 3 rings (SSSR count). The molecule has 0 aliphatic carbocycles. The normalized spacial score (nSPS) is 11.1. The minimum Gasteiger partial charge on any atom is -0.332 e. The zero-order chi connectivity index (χ0) is 18.0. The van der Waals surface area contributed by atoms with E-state index in [9.17, 15) is 4.79 Å². The second-order valence-electron chi connectivity index (χ2n) is 6.14. The molecule has 2 aromatic carbocycles. The average molecular weight is 373 g/mol. The molecule has 1 aromatic heterocycles. The van der Waals surface area contributed by atoms with E-state index in [0.717, 1.165) is 16.5 Å². The smallest absolute Gasteiger partial charge is 0.255 e. The lowest BCUT2D eigenvalue weighted by molar-refractivity contribution is 0.0690. The molecular formula is C20H18Cl2N2O. The molecule has 0 unspecified atom stereocenters. The summed E-state index contributed by atoms with van der Waals surface area (Å²) in [7, 11) is 0. The molecular weight excluding hydrogens is 355 g/mol. The summed E-state index contributed by atoms with van der Waals surface area (Å²) in [5.74, 6) is -0.121. The van der Waals surface area contributed by atoms with E-state index in [0.29, 0.717) is 22.3 Å². The molecule has 25 heavy (non-hydrogen) atoms. The lowest BCUT2D eigenvalue weighted by Gasteiger charge is -2.27. The molecule has 0 aliphatic heterocycles. The molecule has 0 saturated carbocycles. The van der Waals surface area contributed by atoms with Gasteiger partial charge in [0.05, 0.1) is 16.1 Å². The molecule has 0 bridgehead atoms. The summed E-state index contributed by atoms with van der Waals surface area (Å²) in [4.78, 5) is 19.2. The molecule has 0 fully saturated rings. The lowest BCUT2D eigenvalue weighted by Crippen LogP contribution is -2.36. The van der Waals surface area contributed by atoms with E-state index in [2.05, 4.69) is 4.98 Å². The van der Waals surface area contributed by atoms with Gasteiger partial charge in [-0.15, -0.1) is 0 Å². The zero-order valence-electron chi connectivity index (χ0n) is 14.0. The molecule has 0 aliphatic rings. The van der Waals surface area contributed by atoms with Gasteiger partial charge in [-0.2, -0.15) is 0 Å². The number of benzene rings is 2. The predicted molar refractivity (Wildman–Crippen MR) is 103 cm³/mol. The first-order valence-electron chi connectivity index (χ1n) is 8.07. The highest BCUT2D eigenvalue weighted by atomic mass is 35.5. The van der Waals surface area contributed by atoms with E-state index in [1.807, 2.05) is 56.3 Å².